The number of rotatable bonds is 3. The number of hydrogen-bond donors (Lipinski definition) is 1. The van der Waals surface area contributed by atoms with Gasteiger partial charge in [-0.05, 0) is 45.7 Å². The van der Waals surface area contributed by atoms with Crippen LogP contribution in [0.4, 0.5) is 16.0 Å². The van der Waals surface area contributed by atoms with Gasteiger partial charge in [0.1, 0.15) is 18.5 Å². The van der Waals surface area contributed by atoms with E-state index < -0.39 is 5.82 Å². The number of anilines is 2. The summed E-state index contributed by atoms with van der Waals surface area (Å²) < 4.78 is 15.3. The van der Waals surface area contributed by atoms with E-state index in [-0.39, 0.29) is 17.2 Å². The molecule has 21 heavy (non-hydrogen) atoms. The van der Waals surface area contributed by atoms with E-state index in [1.165, 1.54) is 29.5 Å². The molecule has 0 radical (unpaired) electrons. The average molecular weight is 371 g/mol. The van der Waals surface area contributed by atoms with Crippen molar-refractivity contribution < 1.29 is 4.39 Å². The number of nitrogens with zero attached hydrogens (tertiary/aromatic N) is 6. The van der Waals surface area contributed by atoms with Crippen LogP contribution in [0.15, 0.2) is 35.3 Å². The van der Waals surface area contributed by atoms with Crippen molar-refractivity contribution in [3.8, 4) is 5.95 Å². The van der Waals surface area contributed by atoms with Gasteiger partial charge in [-0.3, -0.25) is 0 Å². The SMILES string of the molecule is Fc1ccc(Br)c(Nc2nc(Cl)nc(-n3cncn3)n2)c1. The second-order valence-electron chi connectivity index (χ2n) is 3.82. The highest BCUT2D eigenvalue weighted by Gasteiger charge is 2.09. The summed E-state index contributed by atoms with van der Waals surface area (Å²) in [6.07, 6.45) is 2.77. The van der Waals surface area contributed by atoms with Crippen LogP contribution in [0.5, 0.6) is 0 Å². The van der Waals surface area contributed by atoms with E-state index in [1.54, 1.807) is 6.07 Å². The Kier molecular flexibility index (Phi) is 3.76. The number of halogens is 3. The van der Waals surface area contributed by atoms with Gasteiger partial charge in [-0.2, -0.15) is 24.7 Å². The fourth-order valence-corrected chi connectivity index (χ4v) is 2.02. The lowest BCUT2D eigenvalue weighted by molar-refractivity contribution is 0.628. The highest BCUT2D eigenvalue weighted by Crippen LogP contribution is 2.25. The zero-order chi connectivity index (χ0) is 14.8. The van der Waals surface area contributed by atoms with Crippen LogP contribution >= 0.6 is 27.5 Å². The van der Waals surface area contributed by atoms with E-state index in [9.17, 15) is 4.39 Å². The van der Waals surface area contributed by atoms with Crippen LogP contribution < -0.4 is 5.32 Å². The molecule has 3 rings (SSSR count). The summed E-state index contributed by atoms with van der Waals surface area (Å²) in [5.74, 6) is -0.0355. The predicted molar refractivity (Wildman–Crippen MR) is 77.1 cm³/mol. The Morgan fingerprint density at radius 1 is 1.24 bits per heavy atom. The molecule has 2 aromatic heterocycles. The lowest BCUT2D eigenvalue weighted by Crippen LogP contribution is -2.07. The van der Waals surface area contributed by atoms with Crippen molar-refractivity contribution in [2.24, 2.45) is 0 Å². The average Bonchev–Trinajstić information content (AvgIpc) is 2.96. The van der Waals surface area contributed by atoms with Gasteiger partial charge >= 0.3 is 0 Å². The number of aromatic nitrogens is 6. The van der Waals surface area contributed by atoms with E-state index in [4.69, 9.17) is 11.6 Å². The first-order valence-corrected chi connectivity index (χ1v) is 6.77. The minimum atomic E-state index is -0.391. The first kappa shape index (κ1) is 13.8. The molecule has 0 amide bonds. The van der Waals surface area contributed by atoms with Crippen LogP contribution in [-0.4, -0.2) is 29.7 Å². The number of hydrogen-bond acceptors (Lipinski definition) is 6. The summed E-state index contributed by atoms with van der Waals surface area (Å²) in [5, 5.41) is 6.74. The normalized spacial score (nSPS) is 10.6. The Morgan fingerprint density at radius 3 is 2.86 bits per heavy atom. The van der Waals surface area contributed by atoms with Gasteiger partial charge in [0.15, 0.2) is 0 Å². The Bertz CT molecular complexity index is 780. The molecule has 106 valence electrons. The molecular weight excluding hydrogens is 365 g/mol. The molecule has 2 heterocycles. The molecule has 0 aliphatic rings. The zero-order valence-corrected chi connectivity index (χ0v) is 12.5. The molecule has 0 aliphatic heterocycles. The second kappa shape index (κ2) is 5.70. The van der Waals surface area contributed by atoms with Crippen LogP contribution in [-0.2, 0) is 0 Å². The molecule has 0 aliphatic carbocycles. The molecule has 10 heteroatoms. The summed E-state index contributed by atoms with van der Waals surface area (Å²) in [4.78, 5) is 15.8. The molecular formula is C11H6BrClFN7. The van der Waals surface area contributed by atoms with Crippen molar-refractivity contribution in [2.75, 3.05) is 5.32 Å². The smallest absolute Gasteiger partial charge is 0.258 e. The summed E-state index contributed by atoms with van der Waals surface area (Å²) in [7, 11) is 0. The maximum Gasteiger partial charge on any atom is 0.258 e. The van der Waals surface area contributed by atoms with Crippen LogP contribution in [0.25, 0.3) is 5.95 Å². The highest BCUT2D eigenvalue weighted by atomic mass is 79.9. The number of benzene rings is 1. The summed E-state index contributed by atoms with van der Waals surface area (Å²) >= 11 is 9.16. The molecule has 0 saturated heterocycles. The molecule has 0 spiro atoms. The van der Waals surface area contributed by atoms with Crippen molar-refractivity contribution in [2.45, 2.75) is 0 Å². The molecule has 1 aromatic carbocycles. The van der Waals surface area contributed by atoms with E-state index in [0.29, 0.717) is 10.2 Å². The first-order chi connectivity index (χ1) is 10.1. The summed E-state index contributed by atoms with van der Waals surface area (Å²) in [5.41, 5.74) is 0.460. The molecule has 0 saturated carbocycles. The van der Waals surface area contributed by atoms with Crippen LogP contribution in [0.2, 0.25) is 5.28 Å². The van der Waals surface area contributed by atoms with E-state index >= 15 is 0 Å². The van der Waals surface area contributed by atoms with E-state index in [1.807, 2.05) is 0 Å². The van der Waals surface area contributed by atoms with Gasteiger partial charge in [0.2, 0.25) is 11.2 Å². The third-order valence-electron chi connectivity index (χ3n) is 2.39. The third kappa shape index (κ3) is 3.14. The minimum absolute atomic E-state index is 0.0227. The zero-order valence-electron chi connectivity index (χ0n) is 10.2. The second-order valence-corrected chi connectivity index (χ2v) is 5.01. The molecule has 0 fully saturated rings. The predicted octanol–water partition coefficient (Wildman–Crippen LogP) is 2.75. The van der Waals surface area contributed by atoms with E-state index in [2.05, 4.69) is 46.3 Å². The minimum Gasteiger partial charge on any atom is -0.323 e. The molecule has 0 atom stereocenters. The van der Waals surface area contributed by atoms with Gasteiger partial charge in [-0.1, -0.05) is 0 Å². The van der Waals surface area contributed by atoms with Gasteiger partial charge < -0.3 is 5.32 Å². The molecule has 7 nitrogen and oxygen atoms in total. The summed E-state index contributed by atoms with van der Waals surface area (Å²) in [6.45, 7) is 0. The van der Waals surface area contributed by atoms with Crippen molar-refractivity contribution in [1.82, 2.24) is 29.7 Å². The Hall–Kier alpha value is -2.13. The van der Waals surface area contributed by atoms with Crippen LogP contribution in [0, 0.1) is 5.82 Å². The van der Waals surface area contributed by atoms with Crippen LogP contribution in [0.3, 0.4) is 0 Å². The fraction of sp³-hybridized carbons (Fsp3) is 0. The topological polar surface area (TPSA) is 81.4 Å². The van der Waals surface area contributed by atoms with Gasteiger partial charge in [-0.15, -0.1) is 0 Å². The van der Waals surface area contributed by atoms with Crippen molar-refractivity contribution in [1.29, 1.82) is 0 Å². The Morgan fingerprint density at radius 2 is 2.10 bits per heavy atom. The van der Waals surface area contributed by atoms with Crippen molar-refractivity contribution in [3.05, 3.63) is 46.4 Å². The standard InChI is InChI=1S/C11H6BrClFN7/c12-7-2-1-6(14)3-8(7)17-10-18-9(13)19-11(20-10)21-5-15-4-16-21/h1-5H,(H,17,18,19,20). The molecule has 0 bridgehead atoms. The van der Waals surface area contributed by atoms with Crippen molar-refractivity contribution >= 4 is 39.2 Å². The maximum absolute atomic E-state index is 13.3. The molecule has 3 aromatic rings. The lowest BCUT2D eigenvalue weighted by Gasteiger charge is -2.08. The third-order valence-corrected chi connectivity index (χ3v) is 3.26. The van der Waals surface area contributed by atoms with Gasteiger partial charge in [0, 0.05) is 4.47 Å². The first-order valence-electron chi connectivity index (χ1n) is 5.60. The fourth-order valence-electron chi connectivity index (χ4n) is 1.52. The Labute approximate surface area is 131 Å². The van der Waals surface area contributed by atoms with Crippen molar-refractivity contribution in [3.63, 3.8) is 0 Å². The van der Waals surface area contributed by atoms with Gasteiger partial charge in [-0.25, -0.2) is 9.37 Å². The quantitative estimate of drug-likeness (QED) is 0.763. The monoisotopic (exact) mass is 369 g/mol. The molecule has 1 N–H and O–H groups in total. The maximum atomic E-state index is 13.3. The molecule has 0 unspecified atom stereocenters. The Balaban J connectivity index is 1.97. The van der Waals surface area contributed by atoms with Crippen LogP contribution in [0.1, 0.15) is 0 Å². The van der Waals surface area contributed by atoms with Gasteiger partial charge in [0.05, 0.1) is 5.69 Å². The van der Waals surface area contributed by atoms with Gasteiger partial charge in [0.25, 0.3) is 5.95 Å². The highest BCUT2D eigenvalue weighted by molar-refractivity contribution is 9.10. The number of nitrogens with one attached hydrogen (secondary N) is 1. The van der Waals surface area contributed by atoms with E-state index in [0.717, 1.165) is 0 Å². The lowest BCUT2D eigenvalue weighted by atomic mass is 10.3. The summed E-state index contributed by atoms with van der Waals surface area (Å²) in [6, 6.07) is 4.20. The largest absolute Gasteiger partial charge is 0.323 e.